The summed E-state index contributed by atoms with van der Waals surface area (Å²) in [4.78, 5) is 19.5. The van der Waals surface area contributed by atoms with Gasteiger partial charge in [0.05, 0.1) is 5.69 Å². The number of halogens is 1. The van der Waals surface area contributed by atoms with Crippen LogP contribution in [0.5, 0.6) is 0 Å². The molecule has 4 nitrogen and oxygen atoms in total. The third-order valence-electron chi connectivity index (χ3n) is 3.21. The summed E-state index contributed by atoms with van der Waals surface area (Å²) >= 11 is 3.33. The molecular formula is C14H23BrN2O2. The highest BCUT2D eigenvalue weighted by Crippen LogP contribution is 2.30. The highest BCUT2D eigenvalue weighted by molar-refractivity contribution is 9.10. The maximum Gasteiger partial charge on any atom is 0.265 e. The fourth-order valence-electron chi connectivity index (χ4n) is 1.86. The van der Waals surface area contributed by atoms with Gasteiger partial charge in [0.15, 0.2) is 0 Å². The van der Waals surface area contributed by atoms with Gasteiger partial charge in [0.25, 0.3) is 5.56 Å². The van der Waals surface area contributed by atoms with Crippen molar-refractivity contribution in [3.05, 3.63) is 26.3 Å². The van der Waals surface area contributed by atoms with Gasteiger partial charge in [-0.25, -0.2) is 4.98 Å². The van der Waals surface area contributed by atoms with Gasteiger partial charge in [0.1, 0.15) is 15.9 Å². The standard InChI is InChI=1S/C14H23BrN2O2/c1-7-14(6,19-8-2)12-16-10(13(3,4)5)9(15)11(18)17-12/h7-8H2,1-6H3,(H,16,17,18). The zero-order valence-electron chi connectivity index (χ0n) is 12.6. The van der Waals surface area contributed by atoms with Crippen molar-refractivity contribution < 1.29 is 4.74 Å². The molecule has 1 unspecified atom stereocenters. The van der Waals surface area contributed by atoms with Gasteiger partial charge in [0, 0.05) is 12.0 Å². The molecule has 0 fully saturated rings. The van der Waals surface area contributed by atoms with Gasteiger partial charge in [0.2, 0.25) is 0 Å². The Bertz CT molecular complexity index is 505. The second-order valence-corrected chi connectivity index (χ2v) is 6.64. The minimum atomic E-state index is -0.561. The Labute approximate surface area is 123 Å². The molecule has 0 amide bonds. The van der Waals surface area contributed by atoms with Crippen LogP contribution < -0.4 is 5.56 Å². The van der Waals surface area contributed by atoms with E-state index in [1.165, 1.54) is 0 Å². The Morgan fingerprint density at radius 1 is 1.26 bits per heavy atom. The SMILES string of the molecule is CCOC(C)(CC)c1nc(C(C)(C)C)c(Br)c(=O)[nH]1. The molecule has 5 heteroatoms. The van der Waals surface area contributed by atoms with Crippen LogP contribution in [0.25, 0.3) is 0 Å². The van der Waals surface area contributed by atoms with Gasteiger partial charge in [-0.3, -0.25) is 4.79 Å². The lowest BCUT2D eigenvalue weighted by Gasteiger charge is -2.29. The molecule has 1 heterocycles. The summed E-state index contributed by atoms with van der Waals surface area (Å²) in [6.07, 6.45) is 0.745. The molecule has 108 valence electrons. The maximum absolute atomic E-state index is 12.1. The van der Waals surface area contributed by atoms with Crippen molar-refractivity contribution in [2.75, 3.05) is 6.61 Å². The van der Waals surface area contributed by atoms with E-state index in [0.29, 0.717) is 16.9 Å². The van der Waals surface area contributed by atoms with E-state index < -0.39 is 5.60 Å². The molecule has 1 rings (SSSR count). The number of nitrogens with zero attached hydrogens (tertiary/aromatic N) is 1. The first kappa shape index (κ1) is 16.4. The Balaban J connectivity index is 3.47. The first-order valence-corrected chi connectivity index (χ1v) is 7.39. The van der Waals surface area contributed by atoms with E-state index in [4.69, 9.17) is 4.74 Å². The lowest BCUT2D eigenvalue weighted by Crippen LogP contribution is -2.33. The largest absolute Gasteiger partial charge is 0.368 e. The Morgan fingerprint density at radius 3 is 2.26 bits per heavy atom. The van der Waals surface area contributed by atoms with Crippen LogP contribution in [-0.4, -0.2) is 16.6 Å². The molecule has 19 heavy (non-hydrogen) atoms. The van der Waals surface area contributed by atoms with Crippen molar-refractivity contribution in [2.24, 2.45) is 0 Å². The Kier molecular flexibility index (Phi) is 4.96. The van der Waals surface area contributed by atoms with Gasteiger partial charge >= 0.3 is 0 Å². The van der Waals surface area contributed by atoms with Crippen molar-refractivity contribution >= 4 is 15.9 Å². The molecule has 0 aliphatic carbocycles. The topological polar surface area (TPSA) is 55.0 Å². The normalized spacial score (nSPS) is 15.3. The number of aromatic nitrogens is 2. The first-order valence-electron chi connectivity index (χ1n) is 6.60. The monoisotopic (exact) mass is 330 g/mol. The number of aromatic amines is 1. The number of hydrogen-bond acceptors (Lipinski definition) is 3. The van der Waals surface area contributed by atoms with Crippen molar-refractivity contribution in [2.45, 2.75) is 59.0 Å². The second-order valence-electron chi connectivity index (χ2n) is 5.84. The van der Waals surface area contributed by atoms with Gasteiger partial charge in [-0.2, -0.15) is 0 Å². The van der Waals surface area contributed by atoms with E-state index in [1.54, 1.807) is 0 Å². The van der Waals surface area contributed by atoms with E-state index in [-0.39, 0.29) is 11.0 Å². The van der Waals surface area contributed by atoms with Crippen LogP contribution in [0.4, 0.5) is 0 Å². The summed E-state index contributed by atoms with van der Waals surface area (Å²) in [5.74, 6) is 0.593. The minimum Gasteiger partial charge on any atom is -0.368 e. The maximum atomic E-state index is 12.1. The lowest BCUT2D eigenvalue weighted by atomic mass is 9.91. The molecule has 0 aliphatic rings. The lowest BCUT2D eigenvalue weighted by molar-refractivity contribution is -0.0395. The molecule has 1 aromatic heterocycles. The van der Waals surface area contributed by atoms with Gasteiger partial charge in [-0.1, -0.05) is 27.7 Å². The number of rotatable bonds is 4. The number of nitrogens with one attached hydrogen (secondary N) is 1. The van der Waals surface area contributed by atoms with Crippen LogP contribution in [-0.2, 0) is 15.8 Å². The van der Waals surface area contributed by atoms with Crippen LogP contribution in [0.1, 0.15) is 59.5 Å². The van der Waals surface area contributed by atoms with Crippen molar-refractivity contribution in [1.82, 2.24) is 9.97 Å². The average Bonchev–Trinajstić information content (AvgIpc) is 2.31. The predicted molar refractivity (Wildman–Crippen MR) is 80.5 cm³/mol. The fraction of sp³-hybridized carbons (Fsp3) is 0.714. The summed E-state index contributed by atoms with van der Waals surface area (Å²) in [5.41, 5.74) is -0.169. The van der Waals surface area contributed by atoms with E-state index in [2.05, 4.69) is 25.9 Å². The van der Waals surface area contributed by atoms with Crippen LogP contribution in [0.15, 0.2) is 9.27 Å². The summed E-state index contributed by atoms with van der Waals surface area (Å²) in [6, 6.07) is 0. The van der Waals surface area contributed by atoms with E-state index in [9.17, 15) is 4.79 Å². The summed E-state index contributed by atoms with van der Waals surface area (Å²) < 4.78 is 6.28. The zero-order valence-corrected chi connectivity index (χ0v) is 14.1. The summed E-state index contributed by atoms with van der Waals surface area (Å²) in [5, 5.41) is 0. The molecule has 0 saturated carbocycles. The third-order valence-corrected chi connectivity index (χ3v) is 3.95. The van der Waals surface area contributed by atoms with Crippen molar-refractivity contribution in [1.29, 1.82) is 0 Å². The Morgan fingerprint density at radius 2 is 1.84 bits per heavy atom. The van der Waals surface area contributed by atoms with Gasteiger partial charge in [-0.15, -0.1) is 0 Å². The third kappa shape index (κ3) is 3.45. The van der Waals surface area contributed by atoms with Crippen molar-refractivity contribution in [3.8, 4) is 0 Å². The van der Waals surface area contributed by atoms with Gasteiger partial charge in [-0.05, 0) is 36.2 Å². The highest BCUT2D eigenvalue weighted by atomic mass is 79.9. The second kappa shape index (κ2) is 5.75. The van der Waals surface area contributed by atoms with Crippen LogP contribution in [0.2, 0.25) is 0 Å². The molecule has 1 aromatic rings. The average molecular weight is 331 g/mol. The van der Waals surface area contributed by atoms with E-state index in [1.807, 2.05) is 41.5 Å². The smallest absolute Gasteiger partial charge is 0.265 e. The highest BCUT2D eigenvalue weighted by Gasteiger charge is 2.31. The molecule has 0 radical (unpaired) electrons. The van der Waals surface area contributed by atoms with Crippen LogP contribution in [0.3, 0.4) is 0 Å². The van der Waals surface area contributed by atoms with E-state index in [0.717, 1.165) is 12.1 Å². The zero-order chi connectivity index (χ0) is 14.8. The molecule has 0 bridgehead atoms. The van der Waals surface area contributed by atoms with Crippen molar-refractivity contribution in [3.63, 3.8) is 0 Å². The van der Waals surface area contributed by atoms with E-state index >= 15 is 0 Å². The molecule has 0 aromatic carbocycles. The number of H-pyrrole nitrogens is 1. The molecule has 0 saturated heterocycles. The predicted octanol–water partition coefficient (Wildman–Crippen LogP) is 3.49. The quantitative estimate of drug-likeness (QED) is 0.919. The molecule has 0 aliphatic heterocycles. The molecule has 0 spiro atoms. The summed E-state index contributed by atoms with van der Waals surface area (Å²) in [7, 11) is 0. The molecular weight excluding hydrogens is 308 g/mol. The fourth-order valence-corrected chi connectivity index (χ4v) is 2.65. The number of hydrogen-bond donors (Lipinski definition) is 1. The first-order chi connectivity index (χ1) is 8.65. The molecule has 1 N–H and O–H groups in total. The van der Waals surface area contributed by atoms with Crippen LogP contribution >= 0.6 is 15.9 Å². The molecule has 1 atom stereocenters. The van der Waals surface area contributed by atoms with Gasteiger partial charge < -0.3 is 9.72 Å². The minimum absolute atomic E-state index is 0.158. The van der Waals surface area contributed by atoms with Crippen LogP contribution in [0, 0.1) is 0 Å². The Hall–Kier alpha value is -0.680. The summed E-state index contributed by atoms with van der Waals surface area (Å²) in [6.45, 7) is 12.6. The number of ether oxygens (including phenoxy) is 1.